The van der Waals surface area contributed by atoms with Crippen molar-refractivity contribution < 1.29 is 0 Å². The number of nitrogens with zero attached hydrogens (tertiary/aromatic N) is 3. The smallest absolute Gasteiger partial charge is 0.112 e. The molecule has 4 heteroatoms. The summed E-state index contributed by atoms with van der Waals surface area (Å²) in [6, 6.07) is 0. The summed E-state index contributed by atoms with van der Waals surface area (Å²) >= 11 is 0. The lowest BCUT2D eigenvalue weighted by Crippen LogP contribution is -1.97. The maximum Gasteiger partial charge on any atom is 0.112 e. The topological polar surface area (TPSA) is 50.7 Å². The average molecular weight is 136 g/mol. The second-order valence-corrected chi connectivity index (χ2v) is 1.69. The van der Waals surface area contributed by atoms with Gasteiger partial charge in [-0.15, -0.1) is 10.2 Å². The Balaban J connectivity index is 3.08. The minimum Gasteiger partial charge on any atom is -0.385 e. The highest BCUT2D eigenvalue weighted by atomic mass is 15.3. The lowest BCUT2D eigenvalue weighted by Gasteiger charge is -1.98. The largest absolute Gasteiger partial charge is 0.385 e. The van der Waals surface area contributed by atoms with Crippen LogP contribution in [0.1, 0.15) is 5.69 Å². The molecular formula is C6H8N4. The normalized spacial score (nSPS) is 8.90. The van der Waals surface area contributed by atoms with Gasteiger partial charge in [-0.1, -0.05) is 6.58 Å². The molecule has 0 spiro atoms. The molecule has 0 aliphatic carbocycles. The van der Waals surface area contributed by atoms with E-state index in [9.17, 15) is 0 Å². The number of aromatic nitrogens is 3. The summed E-state index contributed by atoms with van der Waals surface area (Å²) in [4.78, 5) is 0. The fourth-order valence-corrected chi connectivity index (χ4v) is 0.621. The highest BCUT2D eigenvalue weighted by Gasteiger charge is 1.95. The molecule has 0 aliphatic heterocycles. The summed E-state index contributed by atoms with van der Waals surface area (Å²) in [5, 5.41) is 13.7. The van der Waals surface area contributed by atoms with Crippen LogP contribution in [-0.2, 0) is 0 Å². The summed E-state index contributed by atoms with van der Waals surface area (Å²) in [5.74, 6) is 0. The molecule has 1 heterocycles. The molecule has 0 saturated heterocycles. The Morgan fingerprint density at radius 1 is 1.70 bits per heavy atom. The van der Waals surface area contributed by atoms with E-state index in [-0.39, 0.29) is 0 Å². The van der Waals surface area contributed by atoms with E-state index in [1.165, 1.54) is 0 Å². The zero-order valence-corrected chi connectivity index (χ0v) is 5.70. The Labute approximate surface area is 59.0 Å². The molecule has 0 bridgehead atoms. The molecule has 1 aromatic rings. The standard InChI is InChI=1S/C6H8N4/c1-3-5-6(7-2)4-8-10-9-5/h3-4H,1H2,2H3,(H,7,10). The molecule has 1 aromatic heterocycles. The molecular weight excluding hydrogens is 128 g/mol. The van der Waals surface area contributed by atoms with Crippen LogP contribution in [0.5, 0.6) is 0 Å². The first-order valence-corrected chi connectivity index (χ1v) is 2.87. The van der Waals surface area contributed by atoms with Gasteiger partial charge < -0.3 is 5.32 Å². The third kappa shape index (κ3) is 1.10. The van der Waals surface area contributed by atoms with Gasteiger partial charge in [0, 0.05) is 7.05 Å². The van der Waals surface area contributed by atoms with Crippen LogP contribution in [0.2, 0.25) is 0 Å². The fraction of sp³-hybridized carbons (Fsp3) is 0.167. The van der Waals surface area contributed by atoms with Crippen molar-refractivity contribution in [3.63, 3.8) is 0 Å². The molecule has 52 valence electrons. The van der Waals surface area contributed by atoms with Crippen LogP contribution >= 0.6 is 0 Å². The Kier molecular flexibility index (Phi) is 1.94. The van der Waals surface area contributed by atoms with Gasteiger partial charge in [0.15, 0.2) is 0 Å². The van der Waals surface area contributed by atoms with Gasteiger partial charge in [-0.3, -0.25) is 0 Å². The van der Waals surface area contributed by atoms with E-state index in [0.717, 1.165) is 11.4 Å². The molecule has 0 atom stereocenters. The Morgan fingerprint density at radius 3 is 3.00 bits per heavy atom. The molecule has 1 rings (SSSR count). The maximum atomic E-state index is 3.73. The molecule has 0 fully saturated rings. The number of nitrogens with one attached hydrogen (secondary N) is 1. The molecule has 0 saturated carbocycles. The number of rotatable bonds is 2. The minimum absolute atomic E-state index is 0.720. The SMILES string of the molecule is C=Cc1nnncc1NC. The number of hydrogen-bond donors (Lipinski definition) is 1. The van der Waals surface area contributed by atoms with Crippen LogP contribution in [0.25, 0.3) is 6.08 Å². The molecule has 4 nitrogen and oxygen atoms in total. The summed E-state index contributed by atoms with van der Waals surface area (Å²) in [6.07, 6.45) is 3.23. The highest BCUT2D eigenvalue weighted by molar-refractivity contribution is 5.59. The predicted octanol–water partition coefficient (Wildman–Crippen LogP) is 0.556. The second kappa shape index (κ2) is 2.91. The monoisotopic (exact) mass is 136 g/mol. The Morgan fingerprint density at radius 2 is 2.50 bits per heavy atom. The second-order valence-electron chi connectivity index (χ2n) is 1.69. The molecule has 0 aromatic carbocycles. The zero-order valence-electron chi connectivity index (χ0n) is 5.70. The van der Waals surface area contributed by atoms with Crippen molar-refractivity contribution in [3.05, 3.63) is 18.5 Å². The molecule has 0 unspecified atom stereocenters. The third-order valence-electron chi connectivity index (χ3n) is 1.13. The van der Waals surface area contributed by atoms with Crippen LogP contribution in [0.15, 0.2) is 12.8 Å². The van der Waals surface area contributed by atoms with E-state index in [0.29, 0.717) is 0 Å². The van der Waals surface area contributed by atoms with Gasteiger partial charge in [0.25, 0.3) is 0 Å². The summed E-state index contributed by atoms with van der Waals surface area (Å²) in [6.45, 7) is 3.57. The summed E-state index contributed by atoms with van der Waals surface area (Å²) in [7, 11) is 1.80. The molecule has 0 aliphatic rings. The van der Waals surface area contributed by atoms with Gasteiger partial charge >= 0.3 is 0 Å². The van der Waals surface area contributed by atoms with E-state index >= 15 is 0 Å². The number of hydrogen-bond acceptors (Lipinski definition) is 4. The predicted molar refractivity (Wildman–Crippen MR) is 39.5 cm³/mol. The first-order valence-electron chi connectivity index (χ1n) is 2.87. The zero-order chi connectivity index (χ0) is 7.40. The first-order chi connectivity index (χ1) is 4.88. The molecule has 10 heavy (non-hydrogen) atoms. The van der Waals surface area contributed by atoms with E-state index in [1.807, 2.05) is 0 Å². The highest BCUT2D eigenvalue weighted by Crippen LogP contribution is 2.08. The van der Waals surface area contributed by atoms with E-state index in [4.69, 9.17) is 0 Å². The van der Waals surface area contributed by atoms with Gasteiger partial charge in [-0.2, -0.15) is 0 Å². The Hall–Kier alpha value is -1.45. The van der Waals surface area contributed by atoms with E-state index in [1.54, 1.807) is 19.3 Å². The van der Waals surface area contributed by atoms with Crippen LogP contribution in [0, 0.1) is 0 Å². The van der Waals surface area contributed by atoms with Crippen LogP contribution in [0.3, 0.4) is 0 Å². The van der Waals surface area contributed by atoms with Gasteiger partial charge in [-0.25, -0.2) is 0 Å². The van der Waals surface area contributed by atoms with Crippen LogP contribution in [-0.4, -0.2) is 22.5 Å². The van der Waals surface area contributed by atoms with Crippen molar-refractivity contribution >= 4 is 11.8 Å². The van der Waals surface area contributed by atoms with Crippen molar-refractivity contribution in [3.8, 4) is 0 Å². The summed E-state index contributed by atoms with van der Waals surface area (Å²) < 4.78 is 0. The van der Waals surface area contributed by atoms with E-state index < -0.39 is 0 Å². The minimum atomic E-state index is 0.720. The van der Waals surface area contributed by atoms with E-state index in [2.05, 4.69) is 27.3 Å². The van der Waals surface area contributed by atoms with Gasteiger partial charge in [0.05, 0.1) is 11.9 Å². The molecule has 1 N–H and O–H groups in total. The van der Waals surface area contributed by atoms with Crippen molar-refractivity contribution in [2.45, 2.75) is 0 Å². The summed E-state index contributed by atoms with van der Waals surface area (Å²) in [5.41, 5.74) is 1.56. The van der Waals surface area contributed by atoms with Crippen molar-refractivity contribution in [1.82, 2.24) is 15.4 Å². The fourth-order valence-electron chi connectivity index (χ4n) is 0.621. The van der Waals surface area contributed by atoms with Crippen LogP contribution < -0.4 is 5.32 Å². The van der Waals surface area contributed by atoms with Gasteiger partial charge in [0.1, 0.15) is 5.69 Å². The van der Waals surface area contributed by atoms with Crippen LogP contribution in [0.4, 0.5) is 5.69 Å². The molecule has 0 radical (unpaired) electrons. The molecule has 0 amide bonds. The van der Waals surface area contributed by atoms with Crippen molar-refractivity contribution in [1.29, 1.82) is 0 Å². The van der Waals surface area contributed by atoms with Gasteiger partial charge in [-0.05, 0) is 11.3 Å². The lowest BCUT2D eigenvalue weighted by molar-refractivity contribution is 0.859. The third-order valence-corrected chi connectivity index (χ3v) is 1.13. The lowest BCUT2D eigenvalue weighted by atomic mass is 10.3. The quantitative estimate of drug-likeness (QED) is 0.645. The van der Waals surface area contributed by atoms with Crippen molar-refractivity contribution in [2.75, 3.05) is 12.4 Å². The first kappa shape index (κ1) is 6.67. The maximum absolute atomic E-state index is 3.73. The Bertz CT molecular complexity index is 233. The average Bonchev–Trinajstić information content (AvgIpc) is 2.04. The van der Waals surface area contributed by atoms with Crippen molar-refractivity contribution in [2.24, 2.45) is 0 Å². The number of anilines is 1. The van der Waals surface area contributed by atoms with Gasteiger partial charge in [0.2, 0.25) is 0 Å².